The van der Waals surface area contributed by atoms with Crippen molar-refractivity contribution in [3.05, 3.63) is 24.3 Å². The zero-order valence-corrected chi connectivity index (χ0v) is 17.6. The molecule has 0 radical (unpaired) electrons. The number of hydrogen-bond acceptors (Lipinski definition) is 3. The maximum Gasteiger partial charge on any atom is 0.502 e. The maximum absolute atomic E-state index is 13.1. The van der Waals surface area contributed by atoms with Crippen LogP contribution in [-0.2, 0) is 18.2 Å². The molecule has 1 aromatic carbocycles. The number of rotatable bonds is 4. The van der Waals surface area contributed by atoms with Crippen LogP contribution in [0, 0.1) is 0 Å². The van der Waals surface area contributed by atoms with Crippen molar-refractivity contribution in [1.82, 2.24) is 0 Å². The van der Waals surface area contributed by atoms with Gasteiger partial charge in [0.15, 0.2) is 0 Å². The van der Waals surface area contributed by atoms with E-state index in [1.165, 1.54) is 24.6 Å². The van der Waals surface area contributed by atoms with Crippen molar-refractivity contribution >= 4 is 26.5 Å². The lowest BCUT2D eigenvalue weighted by Gasteiger charge is -2.36. The lowest BCUT2D eigenvalue weighted by atomic mass is 10.2. The van der Waals surface area contributed by atoms with Crippen LogP contribution in [0.4, 0.5) is 13.2 Å². The first-order valence-electron chi connectivity index (χ1n) is 7.27. The Hall–Kier alpha value is -0.673. The Labute approximate surface area is 145 Å². The molecule has 140 valence electrons. The Bertz CT molecular complexity index is 694. The summed E-state index contributed by atoms with van der Waals surface area (Å²) in [7, 11) is -7.95. The Balaban J connectivity index is 3.06. The van der Waals surface area contributed by atoms with Crippen LogP contribution in [0.5, 0.6) is 11.5 Å². The van der Waals surface area contributed by atoms with Crippen LogP contribution in [0.25, 0.3) is 0 Å². The fraction of sp³-hybridized carbons (Fsp3) is 0.600. The van der Waals surface area contributed by atoms with E-state index in [-0.39, 0.29) is 10.8 Å². The van der Waals surface area contributed by atoms with Crippen LogP contribution in [0.15, 0.2) is 24.3 Å². The molecule has 0 aliphatic heterocycles. The van der Waals surface area contributed by atoms with Gasteiger partial charge >= 0.3 is 5.51 Å². The van der Waals surface area contributed by atoms with Crippen LogP contribution in [0.2, 0.25) is 18.1 Å². The predicted molar refractivity (Wildman–Crippen MR) is 98.3 cm³/mol. The Morgan fingerprint density at radius 1 is 1.00 bits per heavy atom. The van der Waals surface area contributed by atoms with Gasteiger partial charge in [-0.05, 0) is 54.9 Å². The molecule has 0 aromatic heterocycles. The lowest BCUT2D eigenvalue weighted by molar-refractivity contribution is -0.0444. The first kappa shape index (κ1) is 21.4. The van der Waals surface area contributed by atoms with Crippen LogP contribution >= 0.6 is 0 Å². The first-order chi connectivity index (χ1) is 10.6. The van der Waals surface area contributed by atoms with Gasteiger partial charge in [0.2, 0.25) is 17.1 Å². The zero-order chi connectivity index (χ0) is 19.0. The van der Waals surface area contributed by atoms with Gasteiger partial charge in [-0.15, -0.1) is 0 Å². The minimum absolute atomic E-state index is 0.00550. The summed E-state index contributed by atoms with van der Waals surface area (Å²) < 4.78 is 62.3. The average molecular weight is 403 g/mol. The van der Waals surface area contributed by atoms with Gasteiger partial charge in [0, 0.05) is 0 Å². The molecular weight excluding hydrogens is 377 g/mol. The van der Waals surface area contributed by atoms with Gasteiger partial charge in [-0.2, -0.15) is 13.2 Å². The highest BCUT2D eigenvalue weighted by atomic mass is 32.9. The van der Waals surface area contributed by atoms with E-state index in [4.69, 9.17) is 8.61 Å². The first-order valence-corrected chi connectivity index (χ1v) is 14.2. The molecule has 1 atom stereocenters. The van der Waals surface area contributed by atoms with Crippen molar-refractivity contribution in [1.29, 1.82) is 0 Å². The monoisotopic (exact) mass is 402 g/mol. The smallest absolute Gasteiger partial charge is 0.502 e. The molecule has 0 N–H and O–H groups in total. The molecule has 1 unspecified atom stereocenters. The van der Waals surface area contributed by atoms with Crippen molar-refractivity contribution < 1.29 is 26.0 Å². The molecule has 0 aliphatic carbocycles. The predicted octanol–water partition coefficient (Wildman–Crippen LogP) is 4.96. The maximum atomic E-state index is 13.1. The second-order valence-corrected chi connectivity index (χ2v) is 18.1. The molecule has 0 fully saturated rings. The Morgan fingerprint density at radius 2 is 1.42 bits per heavy atom. The van der Waals surface area contributed by atoms with Gasteiger partial charge in [-0.1, -0.05) is 30.2 Å². The Morgan fingerprint density at radius 3 is 1.75 bits per heavy atom. The van der Waals surface area contributed by atoms with Crippen LogP contribution in [0.1, 0.15) is 20.8 Å². The summed E-state index contributed by atoms with van der Waals surface area (Å²) in [5.74, 6) is 0.487. The standard InChI is InChI=1S/C15H25F3O3S2Si/c1-14(2,3)24(6,7)21-13-10-8-12(9-11-13)20-23(19,22(4)5)15(16,17)18/h8-11H,1-7H3. The topological polar surface area (TPSA) is 35.5 Å². The van der Waals surface area contributed by atoms with Gasteiger partial charge < -0.3 is 8.61 Å². The van der Waals surface area contributed by atoms with Gasteiger partial charge in [-0.25, -0.2) is 4.21 Å². The summed E-state index contributed by atoms with van der Waals surface area (Å²) in [6.07, 6.45) is 2.51. The quantitative estimate of drug-likeness (QED) is 0.668. The summed E-state index contributed by atoms with van der Waals surface area (Å²) in [5, 5.41) is 0.00550. The molecule has 0 spiro atoms. The number of halogens is 3. The molecular formula is C15H25F3O3S2Si. The minimum atomic E-state index is -4.91. The summed E-state index contributed by atoms with van der Waals surface area (Å²) in [5.41, 5.74) is -4.91. The summed E-state index contributed by atoms with van der Waals surface area (Å²) >= 11 is 0. The van der Waals surface area contributed by atoms with Crippen molar-refractivity contribution in [2.75, 3.05) is 12.5 Å². The third-order valence-corrected chi connectivity index (χ3v) is 13.6. The lowest BCUT2D eigenvalue weighted by Crippen LogP contribution is -2.43. The van der Waals surface area contributed by atoms with Crippen molar-refractivity contribution in [3.63, 3.8) is 0 Å². The van der Waals surface area contributed by atoms with Gasteiger partial charge in [0.1, 0.15) is 11.5 Å². The van der Waals surface area contributed by atoms with Crippen molar-refractivity contribution in [2.45, 2.75) is 44.4 Å². The highest BCUT2D eigenvalue weighted by Gasteiger charge is 2.45. The molecule has 0 aliphatic rings. The second-order valence-electron chi connectivity index (χ2n) is 7.06. The molecule has 0 heterocycles. The zero-order valence-electron chi connectivity index (χ0n) is 15.0. The fourth-order valence-corrected chi connectivity index (χ4v) is 5.22. The van der Waals surface area contributed by atoms with Gasteiger partial charge in [0.25, 0.3) is 0 Å². The van der Waals surface area contributed by atoms with Crippen molar-refractivity contribution in [2.24, 2.45) is 0 Å². The van der Waals surface area contributed by atoms with E-state index in [2.05, 4.69) is 33.9 Å². The third kappa shape index (κ3) is 4.69. The van der Waals surface area contributed by atoms with E-state index in [0.29, 0.717) is 5.75 Å². The van der Waals surface area contributed by atoms with Gasteiger partial charge in [-0.3, -0.25) is 0 Å². The van der Waals surface area contributed by atoms with Gasteiger partial charge in [0.05, 0.1) is 0 Å². The molecule has 0 saturated carbocycles. The highest BCUT2D eigenvalue weighted by molar-refractivity contribution is 8.45. The molecule has 3 nitrogen and oxygen atoms in total. The molecule has 0 amide bonds. The third-order valence-electron chi connectivity index (χ3n) is 3.93. The van der Waals surface area contributed by atoms with Crippen LogP contribution < -0.4 is 8.61 Å². The van der Waals surface area contributed by atoms with E-state index >= 15 is 0 Å². The van der Waals surface area contributed by atoms with Crippen molar-refractivity contribution in [3.8, 4) is 11.5 Å². The van der Waals surface area contributed by atoms with Crippen LogP contribution in [-0.4, -0.2) is 30.5 Å². The fourth-order valence-electron chi connectivity index (χ4n) is 1.44. The summed E-state index contributed by atoms with van der Waals surface area (Å²) in [6.45, 7) is 10.4. The van der Waals surface area contributed by atoms with E-state index in [1.54, 1.807) is 12.1 Å². The normalized spacial score (nSPS) is 16.0. The average Bonchev–Trinajstić information content (AvgIpc) is 2.37. The molecule has 0 bridgehead atoms. The van der Waals surface area contributed by atoms with E-state index in [1.807, 2.05) is 0 Å². The molecule has 24 heavy (non-hydrogen) atoms. The second kappa shape index (κ2) is 6.91. The number of benzene rings is 1. The van der Waals surface area contributed by atoms with E-state index in [9.17, 15) is 17.4 Å². The summed E-state index contributed by atoms with van der Waals surface area (Å²) in [4.78, 5) is 0. The van der Waals surface area contributed by atoms with E-state index < -0.39 is 32.1 Å². The minimum Gasteiger partial charge on any atom is -0.543 e. The molecule has 0 saturated heterocycles. The largest absolute Gasteiger partial charge is 0.543 e. The summed E-state index contributed by atoms with van der Waals surface area (Å²) in [6, 6.07) is 5.83. The molecule has 1 aromatic rings. The molecule has 9 heteroatoms. The SMILES string of the molecule is CS(C)=S(=O)(Oc1ccc(O[Si](C)(C)C(C)(C)C)cc1)C(F)(F)F. The number of alkyl halides is 3. The van der Waals surface area contributed by atoms with E-state index in [0.717, 1.165) is 0 Å². The highest BCUT2D eigenvalue weighted by Crippen LogP contribution is 2.38. The molecule has 1 rings (SSSR count). The number of hydrogen-bond donors (Lipinski definition) is 0. The Kier molecular flexibility index (Phi) is 6.16. The van der Waals surface area contributed by atoms with Crippen LogP contribution in [0.3, 0.4) is 0 Å².